The number of rotatable bonds is 7. The summed E-state index contributed by atoms with van der Waals surface area (Å²) in [5, 5.41) is 0. The van der Waals surface area contributed by atoms with E-state index < -0.39 is 0 Å². The summed E-state index contributed by atoms with van der Waals surface area (Å²) in [7, 11) is 7.51. The average Bonchev–Trinajstić information content (AvgIpc) is 2.55. The Hall–Kier alpha value is -2.33. The van der Waals surface area contributed by atoms with Crippen LogP contribution in [0.2, 0.25) is 0 Å². The Morgan fingerprint density at radius 3 is 2.59 bits per heavy atom. The normalized spacial score (nSPS) is 10.8. The molecular weight excluding hydrogens is 275 g/mol. The molecule has 0 unspecified atom stereocenters. The van der Waals surface area contributed by atoms with Crippen LogP contribution in [0.15, 0.2) is 54.6 Å². The van der Waals surface area contributed by atoms with Gasteiger partial charge < -0.3 is 9.47 Å². The van der Waals surface area contributed by atoms with Gasteiger partial charge in [0.1, 0.15) is 20.2 Å². The smallest absolute Gasteiger partial charge is 0.185 e. The molecule has 2 radical (unpaired) electrons. The van der Waals surface area contributed by atoms with Crippen molar-refractivity contribution >= 4 is 25.2 Å². The van der Waals surface area contributed by atoms with Gasteiger partial charge in [0.05, 0.1) is 6.61 Å². The van der Waals surface area contributed by atoms with Crippen molar-refractivity contribution in [3.05, 3.63) is 65.7 Å². The van der Waals surface area contributed by atoms with E-state index in [-0.39, 0.29) is 5.78 Å². The van der Waals surface area contributed by atoms with E-state index in [4.69, 9.17) is 17.3 Å². The lowest BCUT2D eigenvalue weighted by Gasteiger charge is -2.09. The highest BCUT2D eigenvalue weighted by Gasteiger charge is 2.05. The molecule has 0 bridgehead atoms. The van der Waals surface area contributed by atoms with E-state index in [0.717, 1.165) is 5.56 Å². The molecule has 0 spiro atoms. The summed E-state index contributed by atoms with van der Waals surface area (Å²) in [6, 6.07) is 14.7. The lowest BCUT2D eigenvalue weighted by Crippen LogP contribution is -2.14. The molecule has 0 saturated carbocycles. The largest absolute Gasteiger partial charge is 0.492 e. The Morgan fingerprint density at radius 1 is 1.14 bits per heavy atom. The van der Waals surface area contributed by atoms with Gasteiger partial charge in [0.15, 0.2) is 5.78 Å². The number of carbonyl (C=O) groups is 1. The summed E-state index contributed by atoms with van der Waals surface area (Å²) < 4.78 is 10.4. The lowest BCUT2D eigenvalue weighted by atomic mass is 9.92. The number of benzene rings is 2. The molecular formula is C18H17BO3. The van der Waals surface area contributed by atoms with Crippen LogP contribution in [0.1, 0.15) is 15.9 Å². The van der Waals surface area contributed by atoms with Gasteiger partial charge in [-0.2, -0.15) is 0 Å². The molecule has 0 aliphatic carbocycles. The van der Waals surface area contributed by atoms with Crippen LogP contribution in [0, 0.1) is 0 Å². The second kappa shape index (κ2) is 8.20. The number of hydrogen-bond donors (Lipinski definition) is 0. The van der Waals surface area contributed by atoms with Gasteiger partial charge in [-0.3, -0.25) is 4.79 Å². The molecule has 2 aromatic rings. The Balaban J connectivity index is 2.04. The van der Waals surface area contributed by atoms with Crippen LogP contribution in [0.25, 0.3) is 6.08 Å². The highest BCUT2D eigenvalue weighted by Crippen LogP contribution is 2.11. The summed E-state index contributed by atoms with van der Waals surface area (Å²) in [4.78, 5) is 12.1. The molecule has 0 heterocycles. The number of ether oxygens (including phenoxy) is 2. The minimum Gasteiger partial charge on any atom is -0.492 e. The van der Waals surface area contributed by atoms with E-state index in [2.05, 4.69) is 0 Å². The summed E-state index contributed by atoms with van der Waals surface area (Å²) >= 11 is 0. The minimum absolute atomic E-state index is 0.0982. The van der Waals surface area contributed by atoms with Gasteiger partial charge in [0, 0.05) is 12.7 Å². The molecule has 0 aliphatic rings. The first-order chi connectivity index (χ1) is 10.7. The van der Waals surface area contributed by atoms with Gasteiger partial charge in [0.2, 0.25) is 0 Å². The van der Waals surface area contributed by atoms with Crippen molar-refractivity contribution in [2.45, 2.75) is 0 Å². The zero-order chi connectivity index (χ0) is 15.8. The first-order valence-electron chi connectivity index (χ1n) is 6.99. The number of ketones is 1. The third kappa shape index (κ3) is 4.60. The van der Waals surface area contributed by atoms with E-state index in [9.17, 15) is 4.79 Å². The highest BCUT2D eigenvalue weighted by atomic mass is 16.5. The highest BCUT2D eigenvalue weighted by molar-refractivity contribution is 6.34. The first-order valence-corrected chi connectivity index (χ1v) is 6.99. The fraction of sp³-hybridized carbons (Fsp3) is 0.167. The topological polar surface area (TPSA) is 35.5 Å². The van der Waals surface area contributed by atoms with Crippen LogP contribution >= 0.6 is 0 Å². The van der Waals surface area contributed by atoms with E-state index in [0.29, 0.717) is 30.0 Å². The summed E-state index contributed by atoms with van der Waals surface area (Å²) in [5.74, 6) is 0.458. The van der Waals surface area contributed by atoms with Crippen LogP contribution < -0.4 is 10.2 Å². The standard InChI is InChI=1S/C18H17BO3/c1-21-11-12-22-18-10-8-15(13-16(18)19)17(20)9-7-14-5-3-2-4-6-14/h2-10,13H,11-12H2,1H3/b9-7+. The molecule has 0 aromatic heterocycles. The zero-order valence-electron chi connectivity index (χ0n) is 12.5. The number of carbonyl (C=O) groups excluding carboxylic acids is 1. The molecule has 0 amide bonds. The van der Waals surface area contributed by atoms with Gasteiger partial charge in [-0.25, -0.2) is 0 Å². The van der Waals surface area contributed by atoms with Crippen LogP contribution in [0.5, 0.6) is 5.75 Å². The van der Waals surface area contributed by atoms with Gasteiger partial charge in [-0.05, 0) is 23.8 Å². The van der Waals surface area contributed by atoms with Gasteiger partial charge >= 0.3 is 0 Å². The van der Waals surface area contributed by atoms with Gasteiger partial charge in [0.25, 0.3) is 0 Å². The summed E-state index contributed by atoms with van der Waals surface area (Å²) in [6.45, 7) is 0.905. The molecule has 0 N–H and O–H groups in total. The van der Waals surface area contributed by atoms with Crippen molar-refractivity contribution in [1.82, 2.24) is 0 Å². The minimum atomic E-state index is -0.0982. The quantitative estimate of drug-likeness (QED) is 0.340. The Kier molecular flexibility index (Phi) is 5.98. The zero-order valence-corrected chi connectivity index (χ0v) is 12.5. The van der Waals surface area contributed by atoms with Crippen molar-refractivity contribution in [2.24, 2.45) is 0 Å². The van der Waals surface area contributed by atoms with Crippen LogP contribution in [0.4, 0.5) is 0 Å². The van der Waals surface area contributed by atoms with Crippen LogP contribution in [0.3, 0.4) is 0 Å². The predicted molar refractivity (Wildman–Crippen MR) is 89.0 cm³/mol. The third-order valence-electron chi connectivity index (χ3n) is 3.07. The van der Waals surface area contributed by atoms with E-state index >= 15 is 0 Å². The monoisotopic (exact) mass is 292 g/mol. The van der Waals surface area contributed by atoms with Crippen molar-refractivity contribution < 1.29 is 14.3 Å². The molecule has 3 nitrogen and oxygen atoms in total. The van der Waals surface area contributed by atoms with Gasteiger partial charge in [-0.15, -0.1) is 0 Å². The number of allylic oxidation sites excluding steroid dienone is 1. The molecule has 2 aromatic carbocycles. The molecule has 0 saturated heterocycles. The van der Waals surface area contributed by atoms with Crippen molar-refractivity contribution in [2.75, 3.05) is 20.3 Å². The number of methoxy groups -OCH3 is 1. The maximum Gasteiger partial charge on any atom is 0.185 e. The molecule has 0 atom stereocenters. The van der Waals surface area contributed by atoms with E-state index in [1.54, 1.807) is 31.4 Å². The molecule has 22 heavy (non-hydrogen) atoms. The first kappa shape index (κ1) is 16.1. The van der Waals surface area contributed by atoms with Gasteiger partial charge in [-0.1, -0.05) is 47.9 Å². The summed E-state index contributed by atoms with van der Waals surface area (Å²) in [6.07, 6.45) is 3.32. The SMILES string of the molecule is [B]c1cc(C(=O)/C=C/c2ccccc2)ccc1OCCOC. The second-order valence-corrected chi connectivity index (χ2v) is 4.70. The fourth-order valence-corrected chi connectivity index (χ4v) is 1.90. The van der Waals surface area contributed by atoms with E-state index in [1.165, 1.54) is 6.08 Å². The average molecular weight is 292 g/mol. The molecule has 0 fully saturated rings. The van der Waals surface area contributed by atoms with E-state index in [1.807, 2.05) is 30.3 Å². The Bertz CT molecular complexity index is 651. The molecule has 4 heteroatoms. The Labute approximate surface area is 132 Å². The maximum atomic E-state index is 12.1. The fourth-order valence-electron chi connectivity index (χ4n) is 1.90. The third-order valence-corrected chi connectivity index (χ3v) is 3.07. The maximum absolute atomic E-state index is 12.1. The summed E-state index contributed by atoms with van der Waals surface area (Å²) in [5.41, 5.74) is 1.95. The lowest BCUT2D eigenvalue weighted by molar-refractivity contribution is 0.104. The van der Waals surface area contributed by atoms with Crippen LogP contribution in [-0.4, -0.2) is 34.0 Å². The molecule has 0 aliphatic heterocycles. The molecule has 110 valence electrons. The van der Waals surface area contributed by atoms with Crippen molar-refractivity contribution in [3.63, 3.8) is 0 Å². The van der Waals surface area contributed by atoms with Crippen LogP contribution in [-0.2, 0) is 4.74 Å². The van der Waals surface area contributed by atoms with Crippen molar-refractivity contribution in [1.29, 1.82) is 0 Å². The molecule has 2 rings (SSSR count). The predicted octanol–water partition coefficient (Wildman–Crippen LogP) is 2.40. The van der Waals surface area contributed by atoms with Crippen molar-refractivity contribution in [3.8, 4) is 5.75 Å². The second-order valence-electron chi connectivity index (χ2n) is 4.70. The Morgan fingerprint density at radius 2 is 1.91 bits per heavy atom. The number of hydrogen-bond acceptors (Lipinski definition) is 3.